The summed E-state index contributed by atoms with van der Waals surface area (Å²) in [5.74, 6) is -2.07. The van der Waals surface area contributed by atoms with Crippen LogP contribution in [0.1, 0.15) is 29.6 Å². The average molecular weight is 325 g/mol. The molecule has 1 aromatic carbocycles. The molecule has 3 nitrogen and oxygen atoms in total. The summed E-state index contributed by atoms with van der Waals surface area (Å²) in [7, 11) is 0. The van der Waals surface area contributed by atoms with Gasteiger partial charge in [-0.25, -0.2) is 8.78 Å². The lowest BCUT2D eigenvalue weighted by Gasteiger charge is -2.19. The maximum absolute atomic E-state index is 13.6. The number of amides is 1. The van der Waals surface area contributed by atoms with E-state index in [2.05, 4.69) is 5.32 Å². The van der Waals surface area contributed by atoms with Crippen LogP contribution < -0.4 is 11.1 Å². The Labute approximate surface area is 127 Å². The van der Waals surface area contributed by atoms with E-state index in [0.29, 0.717) is 6.54 Å². The molecule has 2 unspecified atom stereocenters. The number of carbonyl (C=O) groups is 1. The molecular formula is C13H16Cl2F2N2O. The summed E-state index contributed by atoms with van der Waals surface area (Å²) >= 11 is 5.44. The van der Waals surface area contributed by atoms with Gasteiger partial charge in [0.2, 0.25) is 0 Å². The van der Waals surface area contributed by atoms with Crippen LogP contribution in [0.4, 0.5) is 8.78 Å². The Morgan fingerprint density at radius 2 is 2.05 bits per heavy atom. The van der Waals surface area contributed by atoms with Crippen LogP contribution in [0.2, 0.25) is 5.02 Å². The van der Waals surface area contributed by atoms with Gasteiger partial charge in [0.25, 0.3) is 5.91 Å². The fourth-order valence-corrected chi connectivity index (χ4v) is 2.60. The molecule has 1 fully saturated rings. The number of hydrogen-bond donors (Lipinski definition) is 2. The SMILES string of the molecule is Cl.NCC1CCCC1NC(=O)c1cc(F)c(Cl)cc1F. The third-order valence-electron chi connectivity index (χ3n) is 3.53. The summed E-state index contributed by atoms with van der Waals surface area (Å²) in [6.07, 6.45) is 2.73. The maximum atomic E-state index is 13.6. The molecule has 0 heterocycles. The molecule has 0 bridgehead atoms. The topological polar surface area (TPSA) is 55.1 Å². The molecule has 2 atom stereocenters. The lowest BCUT2D eigenvalue weighted by Crippen LogP contribution is -2.40. The van der Waals surface area contributed by atoms with Gasteiger partial charge in [0.05, 0.1) is 10.6 Å². The molecule has 0 spiro atoms. The summed E-state index contributed by atoms with van der Waals surface area (Å²) in [5, 5.41) is 2.38. The molecule has 1 aliphatic carbocycles. The van der Waals surface area contributed by atoms with Crippen molar-refractivity contribution in [3.05, 3.63) is 34.4 Å². The molecule has 0 saturated heterocycles. The van der Waals surface area contributed by atoms with E-state index in [1.807, 2.05) is 0 Å². The second kappa shape index (κ2) is 7.20. The van der Waals surface area contributed by atoms with E-state index in [1.165, 1.54) is 0 Å². The molecule has 0 aliphatic heterocycles. The third-order valence-corrected chi connectivity index (χ3v) is 3.82. The molecule has 1 amide bonds. The third kappa shape index (κ3) is 3.59. The van der Waals surface area contributed by atoms with Crippen LogP contribution in [0, 0.1) is 17.6 Å². The van der Waals surface area contributed by atoms with Crippen molar-refractivity contribution in [1.29, 1.82) is 0 Å². The number of rotatable bonds is 3. The Morgan fingerprint density at radius 3 is 2.70 bits per heavy atom. The van der Waals surface area contributed by atoms with Gasteiger partial charge in [-0.05, 0) is 37.4 Å². The highest BCUT2D eigenvalue weighted by atomic mass is 35.5. The van der Waals surface area contributed by atoms with Crippen LogP contribution in [-0.2, 0) is 0 Å². The zero-order chi connectivity index (χ0) is 14.0. The maximum Gasteiger partial charge on any atom is 0.254 e. The first-order valence-electron chi connectivity index (χ1n) is 6.18. The van der Waals surface area contributed by atoms with Gasteiger partial charge in [0.1, 0.15) is 11.6 Å². The van der Waals surface area contributed by atoms with Gasteiger partial charge in [-0.3, -0.25) is 4.79 Å². The van der Waals surface area contributed by atoms with Crippen molar-refractivity contribution >= 4 is 29.9 Å². The predicted octanol–water partition coefficient (Wildman–Crippen LogP) is 2.90. The fourth-order valence-electron chi connectivity index (χ4n) is 2.45. The van der Waals surface area contributed by atoms with E-state index in [9.17, 15) is 13.6 Å². The van der Waals surface area contributed by atoms with Crippen molar-refractivity contribution in [2.45, 2.75) is 25.3 Å². The zero-order valence-corrected chi connectivity index (χ0v) is 12.2. The van der Waals surface area contributed by atoms with Crippen LogP contribution in [-0.4, -0.2) is 18.5 Å². The van der Waals surface area contributed by atoms with Gasteiger partial charge in [0, 0.05) is 6.04 Å². The van der Waals surface area contributed by atoms with Gasteiger partial charge in [0.15, 0.2) is 0 Å². The van der Waals surface area contributed by atoms with Crippen molar-refractivity contribution in [2.75, 3.05) is 6.54 Å². The van der Waals surface area contributed by atoms with Crippen molar-refractivity contribution in [3.63, 3.8) is 0 Å². The predicted molar refractivity (Wildman–Crippen MR) is 76.3 cm³/mol. The Bertz CT molecular complexity index is 500. The lowest BCUT2D eigenvalue weighted by atomic mass is 10.0. The number of hydrogen-bond acceptors (Lipinski definition) is 2. The van der Waals surface area contributed by atoms with Gasteiger partial charge in [-0.2, -0.15) is 0 Å². The van der Waals surface area contributed by atoms with E-state index in [1.54, 1.807) is 0 Å². The van der Waals surface area contributed by atoms with Crippen LogP contribution in [0.25, 0.3) is 0 Å². The molecular weight excluding hydrogens is 309 g/mol. The largest absolute Gasteiger partial charge is 0.349 e. The molecule has 0 aromatic heterocycles. The highest BCUT2D eigenvalue weighted by Gasteiger charge is 2.28. The zero-order valence-electron chi connectivity index (χ0n) is 10.7. The molecule has 1 saturated carbocycles. The standard InChI is InChI=1S/C13H15ClF2N2O.ClH/c14-9-5-10(15)8(4-11(9)16)13(19)18-12-3-1-2-7(12)6-17;/h4-5,7,12H,1-3,6,17H2,(H,18,19);1H. The molecule has 0 radical (unpaired) electrons. The van der Waals surface area contributed by atoms with Gasteiger partial charge in [-0.15, -0.1) is 12.4 Å². The molecule has 112 valence electrons. The summed E-state index contributed by atoms with van der Waals surface area (Å²) in [4.78, 5) is 11.9. The number of nitrogens with one attached hydrogen (secondary N) is 1. The van der Waals surface area contributed by atoms with Crippen molar-refractivity contribution in [2.24, 2.45) is 11.7 Å². The Morgan fingerprint density at radius 1 is 1.35 bits per heavy atom. The monoisotopic (exact) mass is 324 g/mol. The first kappa shape index (κ1) is 17.1. The Balaban J connectivity index is 0.00000200. The Hall–Kier alpha value is -0.910. The second-order valence-electron chi connectivity index (χ2n) is 4.75. The number of carbonyl (C=O) groups excluding carboxylic acids is 1. The summed E-state index contributed by atoms with van der Waals surface area (Å²) in [5.41, 5.74) is 5.28. The quantitative estimate of drug-likeness (QED) is 0.840. The van der Waals surface area contributed by atoms with Gasteiger partial charge in [-0.1, -0.05) is 18.0 Å². The van der Waals surface area contributed by atoms with Gasteiger partial charge >= 0.3 is 0 Å². The van der Waals surface area contributed by atoms with E-state index in [4.69, 9.17) is 17.3 Å². The molecule has 1 aliphatic rings. The molecule has 1 aromatic rings. The lowest BCUT2D eigenvalue weighted by molar-refractivity contribution is 0.0924. The van der Waals surface area contributed by atoms with Crippen molar-refractivity contribution in [3.8, 4) is 0 Å². The minimum absolute atomic E-state index is 0. The first-order chi connectivity index (χ1) is 9.02. The normalized spacial score (nSPS) is 21.4. The molecule has 2 rings (SSSR count). The van der Waals surface area contributed by atoms with Crippen LogP contribution in [0.15, 0.2) is 12.1 Å². The minimum atomic E-state index is -0.828. The average Bonchev–Trinajstić information content (AvgIpc) is 2.80. The first-order valence-corrected chi connectivity index (χ1v) is 6.56. The minimum Gasteiger partial charge on any atom is -0.349 e. The van der Waals surface area contributed by atoms with Crippen LogP contribution >= 0.6 is 24.0 Å². The van der Waals surface area contributed by atoms with Crippen LogP contribution in [0.5, 0.6) is 0 Å². The van der Waals surface area contributed by atoms with E-state index >= 15 is 0 Å². The van der Waals surface area contributed by atoms with E-state index < -0.39 is 17.5 Å². The summed E-state index contributed by atoms with van der Waals surface area (Å²) < 4.78 is 26.9. The molecule has 3 N–H and O–H groups in total. The van der Waals surface area contributed by atoms with Gasteiger partial charge < -0.3 is 11.1 Å². The number of halogens is 4. The smallest absolute Gasteiger partial charge is 0.254 e. The second-order valence-corrected chi connectivity index (χ2v) is 5.16. The van der Waals surface area contributed by atoms with Crippen molar-refractivity contribution < 1.29 is 13.6 Å². The number of benzene rings is 1. The van der Waals surface area contributed by atoms with E-state index in [0.717, 1.165) is 31.4 Å². The summed E-state index contributed by atoms with van der Waals surface area (Å²) in [6, 6.07) is 1.55. The summed E-state index contributed by atoms with van der Waals surface area (Å²) in [6.45, 7) is 0.475. The fraction of sp³-hybridized carbons (Fsp3) is 0.462. The Kier molecular flexibility index (Phi) is 6.17. The van der Waals surface area contributed by atoms with Crippen molar-refractivity contribution in [1.82, 2.24) is 5.32 Å². The number of nitrogens with two attached hydrogens (primary N) is 1. The molecule has 7 heteroatoms. The van der Waals surface area contributed by atoms with E-state index in [-0.39, 0.29) is 35.0 Å². The van der Waals surface area contributed by atoms with Crippen LogP contribution in [0.3, 0.4) is 0 Å². The molecule has 20 heavy (non-hydrogen) atoms. The highest BCUT2D eigenvalue weighted by molar-refractivity contribution is 6.30. The highest BCUT2D eigenvalue weighted by Crippen LogP contribution is 2.25.